The highest BCUT2D eigenvalue weighted by Crippen LogP contribution is 2.03. The van der Waals surface area contributed by atoms with Crippen molar-refractivity contribution in [3.8, 4) is 0 Å². The van der Waals surface area contributed by atoms with Crippen molar-refractivity contribution < 1.29 is 9.21 Å². The Morgan fingerprint density at radius 2 is 2.53 bits per heavy atom. The van der Waals surface area contributed by atoms with Gasteiger partial charge < -0.3 is 9.73 Å². The summed E-state index contributed by atoms with van der Waals surface area (Å²) < 4.78 is 5.07. The van der Waals surface area contributed by atoms with E-state index in [-0.39, 0.29) is 5.91 Å². The minimum Gasteiger partial charge on any atom is -0.465 e. The van der Waals surface area contributed by atoms with Gasteiger partial charge in [-0.15, -0.1) is 0 Å². The highest BCUT2D eigenvalue weighted by Gasteiger charge is 2.01. The highest BCUT2D eigenvalue weighted by molar-refractivity contribution is 5.91. The molecule has 0 atom stereocenters. The molecule has 0 bridgehead atoms. The van der Waals surface area contributed by atoms with Gasteiger partial charge in [0, 0.05) is 23.9 Å². The first-order valence-corrected chi connectivity index (χ1v) is 5.24. The number of furan rings is 1. The molecular weight excluding hydrogens is 218 g/mol. The number of hydrogen-bond acceptors (Lipinski definition) is 3. The van der Waals surface area contributed by atoms with Gasteiger partial charge >= 0.3 is 0 Å². The van der Waals surface area contributed by atoms with Gasteiger partial charge in [-0.05, 0) is 25.1 Å². The van der Waals surface area contributed by atoms with Gasteiger partial charge in [-0.3, -0.25) is 9.89 Å². The van der Waals surface area contributed by atoms with Crippen LogP contribution in [0.15, 0.2) is 35.1 Å². The van der Waals surface area contributed by atoms with Crippen molar-refractivity contribution in [2.45, 2.75) is 13.5 Å². The van der Waals surface area contributed by atoms with Crippen LogP contribution in [0.4, 0.5) is 0 Å². The summed E-state index contributed by atoms with van der Waals surface area (Å²) in [5.41, 5.74) is 1.94. The van der Waals surface area contributed by atoms with E-state index < -0.39 is 0 Å². The Bertz CT molecular complexity index is 512. The first-order chi connectivity index (χ1) is 8.25. The SMILES string of the molecule is Cc1[nH]ncc1CNC(=O)/C=C/c1ccco1. The first-order valence-electron chi connectivity index (χ1n) is 5.24. The van der Waals surface area contributed by atoms with Crippen LogP contribution in [0.2, 0.25) is 0 Å². The minimum absolute atomic E-state index is 0.165. The summed E-state index contributed by atoms with van der Waals surface area (Å²) in [6, 6.07) is 3.55. The van der Waals surface area contributed by atoms with Crippen LogP contribution in [0.3, 0.4) is 0 Å². The summed E-state index contributed by atoms with van der Waals surface area (Å²) in [6.07, 6.45) is 6.32. The summed E-state index contributed by atoms with van der Waals surface area (Å²) >= 11 is 0. The maximum atomic E-state index is 11.5. The smallest absolute Gasteiger partial charge is 0.244 e. The van der Waals surface area contributed by atoms with E-state index in [1.807, 2.05) is 6.92 Å². The predicted octanol–water partition coefficient (Wildman–Crippen LogP) is 1.64. The molecule has 17 heavy (non-hydrogen) atoms. The van der Waals surface area contributed by atoms with Gasteiger partial charge in [-0.2, -0.15) is 5.10 Å². The van der Waals surface area contributed by atoms with Crippen LogP contribution in [0.25, 0.3) is 6.08 Å². The molecule has 0 saturated carbocycles. The number of amides is 1. The Kier molecular flexibility index (Phi) is 3.40. The number of nitrogens with one attached hydrogen (secondary N) is 2. The number of aryl methyl sites for hydroxylation is 1. The monoisotopic (exact) mass is 231 g/mol. The quantitative estimate of drug-likeness (QED) is 0.786. The molecule has 2 rings (SSSR count). The third-order valence-electron chi connectivity index (χ3n) is 2.33. The zero-order valence-electron chi connectivity index (χ0n) is 9.43. The summed E-state index contributed by atoms with van der Waals surface area (Å²) in [7, 11) is 0. The van der Waals surface area contributed by atoms with Gasteiger partial charge in [0.15, 0.2) is 0 Å². The molecule has 2 aromatic rings. The van der Waals surface area contributed by atoms with Gasteiger partial charge in [0.25, 0.3) is 0 Å². The molecule has 1 amide bonds. The number of carbonyl (C=O) groups excluding carboxylic acids is 1. The molecule has 0 radical (unpaired) electrons. The number of aromatic amines is 1. The van der Waals surface area contributed by atoms with Crippen LogP contribution < -0.4 is 5.32 Å². The summed E-state index contributed by atoms with van der Waals surface area (Å²) in [5, 5.41) is 9.45. The van der Waals surface area contributed by atoms with Crippen molar-refractivity contribution in [2.75, 3.05) is 0 Å². The molecule has 0 aromatic carbocycles. The predicted molar refractivity (Wildman–Crippen MR) is 62.9 cm³/mol. The van der Waals surface area contributed by atoms with Crippen molar-refractivity contribution in [1.29, 1.82) is 0 Å². The maximum absolute atomic E-state index is 11.5. The lowest BCUT2D eigenvalue weighted by Gasteiger charge is -1.99. The Morgan fingerprint density at radius 3 is 3.18 bits per heavy atom. The van der Waals surface area contributed by atoms with Gasteiger partial charge in [0.2, 0.25) is 5.91 Å². The van der Waals surface area contributed by atoms with Crippen LogP contribution in [-0.4, -0.2) is 16.1 Å². The molecule has 0 spiro atoms. The fraction of sp³-hybridized carbons (Fsp3) is 0.167. The van der Waals surface area contributed by atoms with Crippen LogP contribution in [0.5, 0.6) is 0 Å². The Balaban J connectivity index is 1.84. The lowest BCUT2D eigenvalue weighted by atomic mass is 10.2. The second-order valence-corrected chi connectivity index (χ2v) is 3.59. The Labute approximate surface area is 98.5 Å². The van der Waals surface area contributed by atoms with E-state index >= 15 is 0 Å². The molecule has 5 heteroatoms. The van der Waals surface area contributed by atoms with Crippen molar-refractivity contribution in [3.05, 3.63) is 47.7 Å². The lowest BCUT2D eigenvalue weighted by Crippen LogP contribution is -2.20. The van der Waals surface area contributed by atoms with E-state index in [0.29, 0.717) is 12.3 Å². The number of hydrogen-bond donors (Lipinski definition) is 2. The number of nitrogens with zero attached hydrogens (tertiary/aromatic N) is 1. The van der Waals surface area contributed by atoms with E-state index in [2.05, 4.69) is 15.5 Å². The third-order valence-corrected chi connectivity index (χ3v) is 2.33. The van der Waals surface area contributed by atoms with Crippen molar-refractivity contribution in [2.24, 2.45) is 0 Å². The molecular formula is C12H13N3O2. The second kappa shape index (κ2) is 5.16. The van der Waals surface area contributed by atoms with Gasteiger partial charge in [-0.25, -0.2) is 0 Å². The Morgan fingerprint density at radius 1 is 1.65 bits per heavy atom. The average Bonchev–Trinajstić information content (AvgIpc) is 2.95. The van der Waals surface area contributed by atoms with Gasteiger partial charge in [0.05, 0.1) is 12.5 Å². The number of aromatic nitrogens is 2. The molecule has 0 aliphatic rings. The molecule has 0 unspecified atom stereocenters. The molecule has 5 nitrogen and oxygen atoms in total. The lowest BCUT2D eigenvalue weighted by molar-refractivity contribution is -0.116. The fourth-order valence-electron chi connectivity index (χ4n) is 1.34. The van der Waals surface area contributed by atoms with Crippen LogP contribution in [0, 0.1) is 6.92 Å². The zero-order valence-corrected chi connectivity index (χ0v) is 9.43. The molecule has 0 fully saturated rings. The topological polar surface area (TPSA) is 70.9 Å². The van der Waals surface area contributed by atoms with Crippen molar-refractivity contribution >= 4 is 12.0 Å². The largest absolute Gasteiger partial charge is 0.465 e. The standard InChI is InChI=1S/C12H13N3O2/c1-9-10(8-14-15-9)7-13-12(16)5-4-11-3-2-6-17-11/h2-6,8H,7H2,1H3,(H,13,16)(H,14,15)/b5-4+. The molecule has 2 N–H and O–H groups in total. The van der Waals surface area contributed by atoms with Gasteiger partial charge in [0.1, 0.15) is 5.76 Å². The maximum Gasteiger partial charge on any atom is 0.244 e. The van der Waals surface area contributed by atoms with E-state index in [1.165, 1.54) is 6.08 Å². The van der Waals surface area contributed by atoms with E-state index in [1.54, 1.807) is 30.7 Å². The minimum atomic E-state index is -0.165. The molecule has 0 aliphatic carbocycles. The first kappa shape index (κ1) is 11.2. The third kappa shape index (κ3) is 3.07. The molecule has 2 heterocycles. The van der Waals surface area contributed by atoms with Crippen LogP contribution >= 0.6 is 0 Å². The number of rotatable bonds is 4. The fourth-order valence-corrected chi connectivity index (χ4v) is 1.34. The number of H-pyrrole nitrogens is 1. The number of carbonyl (C=O) groups is 1. The molecule has 0 saturated heterocycles. The summed E-state index contributed by atoms with van der Waals surface area (Å²) in [4.78, 5) is 11.5. The molecule has 0 aliphatic heterocycles. The second-order valence-electron chi connectivity index (χ2n) is 3.59. The Hall–Kier alpha value is -2.30. The normalized spacial score (nSPS) is 10.9. The van der Waals surface area contributed by atoms with Gasteiger partial charge in [-0.1, -0.05) is 0 Å². The van der Waals surface area contributed by atoms with E-state index in [9.17, 15) is 4.79 Å². The van der Waals surface area contributed by atoms with Crippen molar-refractivity contribution in [1.82, 2.24) is 15.5 Å². The van der Waals surface area contributed by atoms with Crippen LogP contribution in [-0.2, 0) is 11.3 Å². The molecule has 2 aromatic heterocycles. The van der Waals surface area contributed by atoms with Crippen molar-refractivity contribution in [3.63, 3.8) is 0 Å². The van der Waals surface area contributed by atoms with E-state index in [4.69, 9.17) is 4.42 Å². The summed E-state index contributed by atoms with van der Waals surface area (Å²) in [6.45, 7) is 2.37. The summed E-state index contributed by atoms with van der Waals surface area (Å²) in [5.74, 6) is 0.488. The highest BCUT2D eigenvalue weighted by atomic mass is 16.3. The van der Waals surface area contributed by atoms with E-state index in [0.717, 1.165) is 11.3 Å². The molecule has 88 valence electrons. The average molecular weight is 231 g/mol. The zero-order chi connectivity index (χ0) is 12.1. The van der Waals surface area contributed by atoms with Crippen LogP contribution in [0.1, 0.15) is 17.0 Å².